The second kappa shape index (κ2) is 5.20. The average Bonchev–Trinajstić information content (AvgIpc) is 2.83. The summed E-state index contributed by atoms with van der Waals surface area (Å²) in [7, 11) is 3.26. The van der Waals surface area contributed by atoms with Gasteiger partial charge in [-0.2, -0.15) is 0 Å². The van der Waals surface area contributed by atoms with E-state index in [1.165, 1.54) is 0 Å². The van der Waals surface area contributed by atoms with Crippen LogP contribution >= 0.6 is 0 Å². The van der Waals surface area contributed by atoms with Crippen LogP contribution in [-0.4, -0.2) is 19.3 Å². The molecule has 4 heteroatoms. The van der Waals surface area contributed by atoms with Gasteiger partial charge in [-0.15, -0.1) is 0 Å². The van der Waals surface area contributed by atoms with Crippen LogP contribution in [0, 0.1) is 0 Å². The van der Waals surface area contributed by atoms with Crippen molar-refractivity contribution in [2.75, 3.05) is 14.2 Å². The maximum atomic E-state index is 9.64. The van der Waals surface area contributed by atoms with Gasteiger partial charge >= 0.3 is 0 Å². The summed E-state index contributed by atoms with van der Waals surface area (Å²) in [5.74, 6) is 2.68. The van der Waals surface area contributed by atoms with Crippen molar-refractivity contribution in [2.24, 2.45) is 0 Å². The van der Waals surface area contributed by atoms with Crippen LogP contribution < -0.4 is 14.2 Å². The topological polar surface area (TPSA) is 47.9 Å². The number of aromatic hydroxyl groups is 1. The fraction of sp³-hybridized carbons (Fsp3) is 0.294. The molecule has 0 radical (unpaired) electrons. The van der Waals surface area contributed by atoms with Crippen LogP contribution in [0.5, 0.6) is 23.0 Å². The first kappa shape index (κ1) is 13.6. The van der Waals surface area contributed by atoms with Crippen LogP contribution in [0.3, 0.4) is 0 Å². The molecule has 2 aromatic rings. The molecule has 2 atom stereocenters. The van der Waals surface area contributed by atoms with Crippen LogP contribution in [0.4, 0.5) is 0 Å². The number of fused-ring (bicyclic) bond motifs is 1. The SMILES string of the molecule is COc1ccc([C@@H]2Oc3ccc(O)cc3[C@H]2C)c(OC)c1. The monoisotopic (exact) mass is 286 g/mol. The number of benzene rings is 2. The van der Waals surface area contributed by atoms with E-state index in [0.717, 1.165) is 28.4 Å². The molecule has 0 unspecified atom stereocenters. The molecule has 1 N–H and O–H groups in total. The van der Waals surface area contributed by atoms with Gasteiger partial charge in [0.2, 0.25) is 0 Å². The van der Waals surface area contributed by atoms with Crippen LogP contribution in [0.25, 0.3) is 0 Å². The van der Waals surface area contributed by atoms with Gasteiger partial charge in [0, 0.05) is 23.1 Å². The van der Waals surface area contributed by atoms with E-state index in [1.54, 1.807) is 32.4 Å². The van der Waals surface area contributed by atoms with Gasteiger partial charge in [-0.1, -0.05) is 6.92 Å². The van der Waals surface area contributed by atoms with Gasteiger partial charge in [0.05, 0.1) is 14.2 Å². The Hall–Kier alpha value is -2.36. The first-order valence-electron chi connectivity index (χ1n) is 6.85. The summed E-state index contributed by atoms with van der Waals surface area (Å²) in [5, 5.41) is 9.64. The molecule has 0 aromatic heterocycles. The number of phenols is 1. The molecule has 110 valence electrons. The predicted octanol–water partition coefficient (Wildman–Crippen LogP) is 3.65. The van der Waals surface area contributed by atoms with Gasteiger partial charge in [-0.3, -0.25) is 0 Å². The molecular weight excluding hydrogens is 268 g/mol. The van der Waals surface area contributed by atoms with Crippen LogP contribution in [0.2, 0.25) is 0 Å². The first-order chi connectivity index (χ1) is 10.1. The number of methoxy groups -OCH3 is 2. The van der Waals surface area contributed by atoms with Gasteiger partial charge in [-0.05, 0) is 30.3 Å². The maximum absolute atomic E-state index is 9.64. The summed E-state index contributed by atoms with van der Waals surface area (Å²) < 4.78 is 16.7. The zero-order chi connectivity index (χ0) is 15.0. The standard InChI is InChI=1S/C17H18O4/c1-10-14-8-11(18)4-7-15(14)21-17(10)13-6-5-12(19-2)9-16(13)20-3/h4-10,17-18H,1-3H3/t10-,17-/m1/s1. The number of rotatable bonds is 3. The Bertz CT molecular complexity index is 666. The van der Waals surface area contributed by atoms with E-state index < -0.39 is 0 Å². The van der Waals surface area contributed by atoms with Crippen molar-refractivity contribution in [3.05, 3.63) is 47.5 Å². The van der Waals surface area contributed by atoms with Gasteiger partial charge in [0.15, 0.2) is 0 Å². The largest absolute Gasteiger partial charge is 0.508 e. The van der Waals surface area contributed by atoms with Crippen LogP contribution in [-0.2, 0) is 0 Å². The summed E-state index contributed by atoms with van der Waals surface area (Å²) in [6.07, 6.45) is -0.136. The molecule has 1 aliphatic rings. The van der Waals surface area contributed by atoms with Crippen molar-refractivity contribution in [3.63, 3.8) is 0 Å². The third-order valence-electron chi connectivity index (χ3n) is 3.94. The molecule has 0 saturated heterocycles. The van der Waals surface area contributed by atoms with E-state index in [1.807, 2.05) is 18.2 Å². The summed E-state index contributed by atoms with van der Waals surface area (Å²) in [6.45, 7) is 2.08. The number of hydrogen-bond donors (Lipinski definition) is 1. The summed E-state index contributed by atoms with van der Waals surface area (Å²) in [6, 6.07) is 10.9. The Labute approximate surface area is 123 Å². The lowest BCUT2D eigenvalue weighted by Gasteiger charge is -2.19. The highest BCUT2D eigenvalue weighted by Gasteiger charge is 2.34. The molecule has 0 saturated carbocycles. The highest BCUT2D eigenvalue weighted by atomic mass is 16.5. The minimum atomic E-state index is -0.136. The number of hydrogen-bond acceptors (Lipinski definition) is 4. The highest BCUT2D eigenvalue weighted by Crippen LogP contribution is 2.49. The normalized spacial score (nSPS) is 19.8. The molecule has 21 heavy (non-hydrogen) atoms. The Morgan fingerprint density at radius 1 is 1.00 bits per heavy atom. The third-order valence-corrected chi connectivity index (χ3v) is 3.94. The minimum absolute atomic E-state index is 0.134. The average molecular weight is 286 g/mol. The zero-order valence-corrected chi connectivity index (χ0v) is 12.3. The molecule has 0 bridgehead atoms. The van der Waals surface area contributed by atoms with Crippen molar-refractivity contribution < 1.29 is 19.3 Å². The predicted molar refractivity (Wildman–Crippen MR) is 79.4 cm³/mol. The Balaban J connectivity index is 2.00. The molecule has 2 aromatic carbocycles. The Kier molecular flexibility index (Phi) is 3.37. The van der Waals surface area contributed by atoms with Crippen LogP contribution in [0.1, 0.15) is 30.1 Å². The maximum Gasteiger partial charge on any atom is 0.134 e. The molecule has 0 aliphatic carbocycles. The zero-order valence-electron chi connectivity index (χ0n) is 12.3. The molecule has 0 spiro atoms. The lowest BCUT2D eigenvalue weighted by Crippen LogP contribution is -2.09. The summed E-state index contributed by atoms with van der Waals surface area (Å²) in [4.78, 5) is 0. The van der Waals surface area contributed by atoms with E-state index in [2.05, 4.69) is 6.92 Å². The number of phenolic OH excluding ortho intramolecular Hbond substituents is 1. The third kappa shape index (κ3) is 2.27. The van der Waals surface area contributed by atoms with E-state index in [4.69, 9.17) is 14.2 Å². The molecule has 0 fully saturated rings. The van der Waals surface area contributed by atoms with E-state index in [9.17, 15) is 5.11 Å². The van der Waals surface area contributed by atoms with Crippen molar-refractivity contribution >= 4 is 0 Å². The fourth-order valence-corrected chi connectivity index (χ4v) is 2.79. The van der Waals surface area contributed by atoms with Gasteiger partial charge in [0.1, 0.15) is 29.1 Å². The quantitative estimate of drug-likeness (QED) is 0.935. The molecule has 3 rings (SSSR count). The van der Waals surface area contributed by atoms with E-state index in [-0.39, 0.29) is 17.8 Å². The molecule has 4 nitrogen and oxygen atoms in total. The smallest absolute Gasteiger partial charge is 0.134 e. The van der Waals surface area contributed by atoms with Crippen molar-refractivity contribution in [1.82, 2.24) is 0 Å². The van der Waals surface area contributed by atoms with Gasteiger partial charge < -0.3 is 19.3 Å². The van der Waals surface area contributed by atoms with Gasteiger partial charge in [0.25, 0.3) is 0 Å². The Morgan fingerprint density at radius 2 is 1.81 bits per heavy atom. The fourth-order valence-electron chi connectivity index (χ4n) is 2.79. The minimum Gasteiger partial charge on any atom is -0.508 e. The first-order valence-corrected chi connectivity index (χ1v) is 6.85. The summed E-state index contributed by atoms with van der Waals surface area (Å²) in [5.41, 5.74) is 1.99. The van der Waals surface area contributed by atoms with Crippen molar-refractivity contribution in [1.29, 1.82) is 0 Å². The Morgan fingerprint density at radius 3 is 2.52 bits per heavy atom. The van der Waals surface area contributed by atoms with Crippen molar-refractivity contribution in [2.45, 2.75) is 18.9 Å². The molecular formula is C17H18O4. The van der Waals surface area contributed by atoms with E-state index in [0.29, 0.717) is 0 Å². The van der Waals surface area contributed by atoms with Crippen LogP contribution in [0.15, 0.2) is 36.4 Å². The molecule has 0 amide bonds. The lowest BCUT2D eigenvalue weighted by atomic mass is 9.92. The van der Waals surface area contributed by atoms with E-state index >= 15 is 0 Å². The molecule has 1 heterocycles. The highest BCUT2D eigenvalue weighted by molar-refractivity contribution is 5.50. The molecule has 1 aliphatic heterocycles. The lowest BCUT2D eigenvalue weighted by molar-refractivity contribution is 0.210. The summed E-state index contributed by atoms with van der Waals surface area (Å²) >= 11 is 0. The van der Waals surface area contributed by atoms with Gasteiger partial charge in [-0.25, -0.2) is 0 Å². The number of ether oxygens (including phenoxy) is 3. The second-order valence-corrected chi connectivity index (χ2v) is 5.16. The second-order valence-electron chi connectivity index (χ2n) is 5.16. The van der Waals surface area contributed by atoms with Crippen molar-refractivity contribution in [3.8, 4) is 23.0 Å².